The number of likely N-dealkylation sites (tertiary alicyclic amines) is 1. The van der Waals surface area contributed by atoms with Crippen molar-refractivity contribution in [2.45, 2.75) is 19.4 Å². The molecular formula is C21H20FN7OS. The summed E-state index contributed by atoms with van der Waals surface area (Å²) in [5.41, 5.74) is 0.529. The maximum atomic E-state index is 13.8. The van der Waals surface area contributed by atoms with Crippen LogP contribution in [0.15, 0.2) is 54.2 Å². The monoisotopic (exact) mass is 437 g/mol. The van der Waals surface area contributed by atoms with Crippen molar-refractivity contribution in [1.82, 2.24) is 34.7 Å². The van der Waals surface area contributed by atoms with Crippen LogP contribution in [0.3, 0.4) is 0 Å². The molecule has 0 bridgehead atoms. The Bertz CT molecular complexity index is 1160. The van der Waals surface area contributed by atoms with Crippen LogP contribution in [0.1, 0.15) is 23.5 Å². The number of benzene rings is 1. The van der Waals surface area contributed by atoms with Crippen LogP contribution in [-0.4, -0.2) is 53.7 Å². The van der Waals surface area contributed by atoms with Gasteiger partial charge in [0.25, 0.3) is 5.91 Å². The molecule has 3 aromatic heterocycles. The molecule has 0 aliphatic carbocycles. The van der Waals surface area contributed by atoms with Crippen molar-refractivity contribution < 1.29 is 9.18 Å². The van der Waals surface area contributed by atoms with Crippen LogP contribution in [0.5, 0.6) is 0 Å². The minimum Gasteiger partial charge on any atom is -0.336 e. The zero-order valence-corrected chi connectivity index (χ0v) is 17.5. The number of nitrogens with zero attached hydrogens (tertiary/aromatic N) is 7. The fraction of sp³-hybridized carbons (Fsp3) is 0.286. The van der Waals surface area contributed by atoms with Crippen LogP contribution in [0, 0.1) is 11.7 Å². The third kappa shape index (κ3) is 4.11. The van der Waals surface area contributed by atoms with E-state index in [1.807, 2.05) is 28.4 Å². The van der Waals surface area contributed by atoms with Gasteiger partial charge in [0.1, 0.15) is 5.82 Å². The molecular weight excluding hydrogens is 417 g/mol. The number of halogens is 1. The Morgan fingerprint density at radius 1 is 1.19 bits per heavy atom. The number of hydrogen-bond donors (Lipinski definition) is 0. The van der Waals surface area contributed by atoms with E-state index in [9.17, 15) is 9.18 Å². The summed E-state index contributed by atoms with van der Waals surface area (Å²) in [6, 6.07) is 9.95. The third-order valence-corrected chi connectivity index (χ3v) is 6.28. The van der Waals surface area contributed by atoms with Crippen LogP contribution >= 0.6 is 11.3 Å². The van der Waals surface area contributed by atoms with Gasteiger partial charge in [0.15, 0.2) is 5.82 Å². The molecule has 0 N–H and O–H groups in total. The average molecular weight is 438 g/mol. The van der Waals surface area contributed by atoms with Gasteiger partial charge in [0.2, 0.25) is 5.82 Å². The number of thiophene rings is 1. The quantitative estimate of drug-likeness (QED) is 0.479. The number of piperidine rings is 1. The Morgan fingerprint density at radius 3 is 2.77 bits per heavy atom. The third-order valence-electron chi connectivity index (χ3n) is 5.41. The largest absolute Gasteiger partial charge is 0.336 e. The molecule has 0 spiro atoms. The zero-order valence-electron chi connectivity index (χ0n) is 16.6. The lowest BCUT2D eigenvalue weighted by molar-refractivity contribution is 0.0668. The minimum absolute atomic E-state index is 0.127. The minimum atomic E-state index is -0.368. The smallest absolute Gasteiger partial charge is 0.293 e. The molecule has 1 aliphatic heterocycles. The van der Waals surface area contributed by atoms with Gasteiger partial charge in [-0.3, -0.25) is 9.48 Å². The van der Waals surface area contributed by atoms with Crippen molar-refractivity contribution in [3.05, 3.63) is 65.8 Å². The molecule has 4 aromatic rings. The van der Waals surface area contributed by atoms with Crippen molar-refractivity contribution in [3.8, 4) is 16.4 Å². The second kappa shape index (κ2) is 8.38. The van der Waals surface area contributed by atoms with E-state index >= 15 is 0 Å². The summed E-state index contributed by atoms with van der Waals surface area (Å²) in [5, 5.41) is 14.3. The molecule has 0 radical (unpaired) electrons. The first-order valence-electron chi connectivity index (χ1n) is 10.1. The molecule has 0 unspecified atom stereocenters. The zero-order chi connectivity index (χ0) is 21.2. The SMILES string of the molecule is O=C(c1nc(-c2cccs2)n(-c2cccc(F)c2)n1)N1CCC(Cn2ccnn2)CC1. The molecule has 1 fully saturated rings. The van der Waals surface area contributed by atoms with Crippen LogP contribution in [-0.2, 0) is 6.54 Å². The fourth-order valence-electron chi connectivity index (χ4n) is 3.81. The van der Waals surface area contributed by atoms with Crippen LogP contribution in [0.2, 0.25) is 0 Å². The number of carbonyl (C=O) groups is 1. The molecule has 4 heterocycles. The number of hydrogen-bond acceptors (Lipinski definition) is 6. The van der Waals surface area contributed by atoms with Gasteiger partial charge in [0, 0.05) is 25.8 Å². The van der Waals surface area contributed by atoms with Crippen molar-refractivity contribution in [2.24, 2.45) is 5.92 Å². The van der Waals surface area contributed by atoms with Gasteiger partial charge in [-0.1, -0.05) is 17.3 Å². The summed E-state index contributed by atoms with van der Waals surface area (Å²) in [4.78, 5) is 20.3. The van der Waals surface area contributed by atoms with Gasteiger partial charge < -0.3 is 4.90 Å². The molecule has 1 aliphatic rings. The highest BCUT2D eigenvalue weighted by Crippen LogP contribution is 2.27. The van der Waals surface area contributed by atoms with E-state index < -0.39 is 0 Å². The lowest BCUT2D eigenvalue weighted by Gasteiger charge is -2.31. The highest BCUT2D eigenvalue weighted by atomic mass is 32.1. The van der Waals surface area contributed by atoms with Crippen molar-refractivity contribution in [1.29, 1.82) is 0 Å². The van der Waals surface area contributed by atoms with Crippen LogP contribution in [0.4, 0.5) is 4.39 Å². The van der Waals surface area contributed by atoms with Crippen LogP contribution < -0.4 is 0 Å². The lowest BCUT2D eigenvalue weighted by atomic mass is 9.97. The summed E-state index contributed by atoms with van der Waals surface area (Å²) < 4.78 is 17.2. The summed E-state index contributed by atoms with van der Waals surface area (Å²) in [5.74, 6) is 0.539. The summed E-state index contributed by atoms with van der Waals surface area (Å²) in [6.07, 6.45) is 5.29. The Labute approximate surface area is 182 Å². The normalized spacial score (nSPS) is 14.8. The Balaban J connectivity index is 1.36. The van der Waals surface area contributed by atoms with Gasteiger partial charge in [-0.25, -0.2) is 14.1 Å². The van der Waals surface area contributed by atoms with E-state index in [2.05, 4.69) is 20.4 Å². The summed E-state index contributed by atoms with van der Waals surface area (Å²) >= 11 is 1.50. The maximum Gasteiger partial charge on any atom is 0.293 e. The molecule has 31 heavy (non-hydrogen) atoms. The van der Waals surface area contributed by atoms with E-state index in [1.54, 1.807) is 27.9 Å². The average Bonchev–Trinajstić information content (AvgIpc) is 3.55. The van der Waals surface area contributed by atoms with Crippen molar-refractivity contribution >= 4 is 17.2 Å². The van der Waals surface area contributed by atoms with Crippen molar-refractivity contribution in [3.63, 3.8) is 0 Å². The van der Waals surface area contributed by atoms with E-state index in [4.69, 9.17) is 0 Å². The van der Waals surface area contributed by atoms with E-state index in [1.165, 1.54) is 23.5 Å². The van der Waals surface area contributed by atoms with Crippen molar-refractivity contribution in [2.75, 3.05) is 13.1 Å². The Hall–Kier alpha value is -3.40. The maximum absolute atomic E-state index is 13.8. The molecule has 1 amide bonds. The van der Waals surface area contributed by atoms with E-state index in [0.717, 1.165) is 24.3 Å². The number of aromatic nitrogens is 6. The lowest BCUT2D eigenvalue weighted by Crippen LogP contribution is -2.39. The highest BCUT2D eigenvalue weighted by Gasteiger charge is 2.28. The molecule has 10 heteroatoms. The first kappa shape index (κ1) is 19.6. The van der Waals surface area contributed by atoms with Crippen LogP contribution in [0.25, 0.3) is 16.4 Å². The highest BCUT2D eigenvalue weighted by molar-refractivity contribution is 7.13. The molecule has 8 nitrogen and oxygen atoms in total. The topological polar surface area (TPSA) is 81.7 Å². The van der Waals surface area contributed by atoms with E-state index in [0.29, 0.717) is 30.5 Å². The Kier molecular flexibility index (Phi) is 5.29. The van der Waals surface area contributed by atoms with Gasteiger partial charge in [-0.15, -0.1) is 21.5 Å². The second-order valence-corrected chi connectivity index (χ2v) is 8.44. The Morgan fingerprint density at radius 2 is 2.06 bits per heavy atom. The number of amides is 1. The molecule has 158 valence electrons. The number of carbonyl (C=O) groups excluding carboxylic acids is 1. The predicted octanol–water partition coefficient (Wildman–Crippen LogP) is 3.28. The van der Waals surface area contributed by atoms with Gasteiger partial charge in [-0.2, -0.15) is 0 Å². The standard InChI is InChI=1S/C21H20FN7OS/c22-16-3-1-4-17(13-16)29-20(18-5-2-12-31-18)24-19(25-29)21(30)27-9-6-15(7-10-27)14-28-11-8-23-26-28/h1-5,8,11-13,15H,6-7,9-10,14H2. The number of rotatable bonds is 5. The van der Waals surface area contributed by atoms with E-state index in [-0.39, 0.29) is 17.5 Å². The first-order chi connectivity index (χ1) is 15.2. The van der Waals surface area contributed by atoms with Gasteiger partial charge in [0.05, 0.1) is 16.8 Å². The molecule has 0 atom stereocenters. The molecule has 5 rings (SSSR count). The fourth-order valence-corrected chi connectivity index (χ4v) is 4.51. The predicted molar refractivity (Wildman–Crippen MR) is 113 cm³/mol. The first-order valence-corrected chi connectivity index (χ1v) is 11.0. The second-order valence-electron chi connectivity index (χ2n) is 7.49. The molecule has 1 saturated heterocycles. The molecule has 0 saturated carbocycles. The summed E-state index contributed by atoms with van der Waals surface area (Å²) in [6.45, 7) is 2.08. The molecule has 1 aromatic carbocycles. The summed E-state index contributed by atoms with van der Waals surface area (Å²) in [7, 11) is 0. The van der Waals surface area contributed by atoms with Gasteiger partial charge >= 0.3 is 0 Å². The van der Waals surface area contributed by atoms with Gasteiger partial charge in [-0.05, 0) is 48.4 Å².